The van der Waals surface area contributed by atoms with Crippen LogP contribution in [0.4, 0.5) is 0 Å². The van der Waals surface area contributed by atoms with E-state index in [2.05, 4.69) is 11.6 Å². The van der Waals surface area contributed by atoms with Gasteiger partial charge in [-0.15, -0.1) is 0 Å². The summed E-state index contributed by atoms with van der Waals surface area (Å²) < 4.78 is 0. The number of allylic oxidation sites excluding steroid dienone is 1. The second kappa shape index (κ2) is 3.72. The van der Waals surface area contributed by atoms with Crippen molar-refractivity contribution in [1.82, 2.24) is 4.98 Å². The van der Waals surface area contributed by atoms with Gasteiger partial charge in [0.15, 0.2) is 0 Å². The van der Waals surface area contributed by atoms with Crippen molar-refractivity contribution in [1.29, 1.82) is 0 Å². The number of aliphatic hydroxyl groups excluding tert-OH is 1. The molecule has 1 aromatic rings. The van der Waals surface area contributed by atoms with Crippen LogP contribution in [0.2, 0.25) is 0 Å². The van der Waals surface area contributed by atoms with Crippen LogP contribution < -0.4 is 0 Å². The molecule has 0 bridgehead atoms. The van der Waals surface area contributed by atoms with Crippen LogP contribution in [0.1, 0.15) is 18.2 Å². The fourth-order valence-electron chi connectivity index (χ4n) is 0.933. The Labute approximate surface area is 71.9 Å². The van der Waals surface area contributed by atoms with E-state index >= 15 is 0 Å². The van der Waals surface area contributed by atoms with Gasteiger partial charge in [-0.05, 0) is 19.1 Å². The van der Waals surface area contributed by atoms with Crippen molar-refractivity contribution in [2.24, 2.45) is 0 Å². The molecule has 0 aliphatic rings. The van der Waals surface area contributed by atoms with Gasteiger partial charge in [0.1, 0.15) is 11.5 Å². The molecule has 0 saturated heterocycles. The monoisotopic (exact) mass is 161 g/mol. The van der Waals surface area contributed by atoms with Crippen LogP contribution in [0.25, 0.3) is 11.8 Å². The Morgan fingerprint density at radius 2 is 2.42 bits per heavy atom. The summed E-state index contributed by atoms with van der Waals surface area (Å²) in [5, 5.41) is 9.39. The van der Waals surface area contributed by atoms with E-state index in [1.807, 2.05) is 12.1 Å². The summed E-state index contributed by atoms with van der Waals surface area (Å²) in [5.74, 6) is 0.186. The van der Waals surface area contributed by atoms with E-state index in [0.29, 0.717) is 5.69 Å². The molecule has 2 heteroatoms. The summed E-state index contributed by atoms with van der Waals surface area (Å²) >= 11 is 0. The number of aliphatic hydroxyl groups is 1. The first-order chi connectivity index (χ1) is 5.79. The van der Waals surface area contributed by atoms with Gasteiger partial charge in [-0.3, -0.25) is 4.98 Å². The van der Waals surface area contributed by atoms with Crippen LogP contribution in [-0.4, -0.2) is 10.1 Å². The minimum atomic E-state index is 0.186. The Bertz CT molecular complexity index is 315. The summed E-state index contributed by atoms with van der Waals surface area (Å²) in [5.41, 5.74) is 1.42. The summed E-state index contributed by atoms with van der Waals surface area (Å²) in [4.78, 5) is 4.03. The van der Waals surface area contributed by atoms with Gasteiger partial charge >= 0.3 is 0 Å². The number of nitrogens with zero attached hydrogens (tertiary/aromatic N) is 1. The van der Waals surface area contributed by atoms with Crippen LogP contribution in [0.3, 0.4) is 0 Å². The Morgan fingerprint density at radius 3 is 3.00 bits per heavy atom. The molecule has 0 unspecified atom stereocenters. The van der Waals surface area contributed by atoms with Gasteiger partial charge in [0.05, 0.1) is 0 Å². The van der Waals surface area contributed by atoms with Crippen molar-refractivity contribution in [2.75, 3.05) is 0 Å². The highest BCUT2D eigenvalue weighted by atomic mass is 16.3. The highest BCUT2D eigenvalue weighted by molar-refractivity contribution is 5.65. The summed E-state index contributed by atoms with van der Waals surface area (Å²) in [6.07, 6.45) is 4.92. The maximum absolute atomic E-state index is 9.39. The van der Waals surface area contributed by atoms with E-state index in [4.69, 9.17) is 0 Å². The van der Waals surface area contributed by atoms with E-state index < -0.39 is 0 Å². The molecule has 0 aliphatic heterocycles. The van der Waals surface area contributed by atoms with Crippen molar-refractivity contribution >= 4 is 11.8 Å². The van der Waals surface area contributed by atoms with E-state index in [-0.39, 0.29) is 5.76 Å². The summed E-state index contributed by atoms with van der Waals surface area (Å²) in [7, 11) is 0. The molecule has 0 fully saturated rings. The fraction of sp³-hybridized carbons (Fsp3) is 0.100. The normalized spacial score (nSPS) is 11.2. The minimum absolute atomic E-state index is 0.186. The summed E-state index contributed by atoms with van der Waals surface area (Å²) in [6, 6.07) is 3.67. The predicted octanol–water partition coefficient (Wildman–Crippen LogP) is 2.64. The highest BCUT2D eigenvalue weighted by Crippen LogP contribution is 2.14. The number of pyridine rings is 1. The first-order valence-electron chi connectivity index (χ1n) is 3.72. The number of rotatable bonds is 2. The molecule has 2 nitrogen and oxygen atoms in total. The van der Waals surface area contributed by atoms with Gasteiger partial charge < -0.3 is 5.11 Å². The molecule has 1 N–H and O–H groups in total. The number of hydrogen-bond donors (Lipinski definition) is 1. The van der Waals surface area contributed by atoms with Gasteiger partial charge in [-0.2, -0.15) is 0 Å². The molecule has 0 amide bonds. The van der Waals surface area contributed by atoms with Crippen molar-refractivity contribution < 1.29 is 5.11 Å². The van der Waals surface area contributed by atoms with E-state index in [0.717, 1.165) is 5.56 Å². The molecule has 0 spiro atoms. The average molecular weight is 161 g/mol. The predicted molar refractivity (Wildman–Crippen MR) is 50.6 cm³/mol. The summed E-state index contributed by atoms with van der Waals surface area (Å²) in [6.45, 7) is 5.39. The van der Waals surface area contributed by atoms with Gasteiger partial charge in [-0.1, -0.05) is 18.7 Å². The molecule has 0 saturated carbocycles. The van der Waals surface area contributed by atoms with Crippen molar-refractivity contribution in [3.8, 4) is 0 Å². The van der Waals surface area contributed by atoms with Crippen molar-refractivity contribution in [3.05, 3.63) is 42.2 Å². The molecule has 1 aromatic heterocycles. The van der Waals surface area contributed by atoms with Crippen molar-refractivity contribution in [2.45, 2.75) is 6.92 Å². The molecule has 0 aromatic carbocycles. The Kier molecular flexibility index (Phi) is 2.64. The van der Waals surface area contributed by atoms with Gasteiger partial charge in [0, 0.05) is 11.8 Å². The minimum Gasteiger partial charge on any atom is -0.506 e. The molecule has 62 valence electrons. The fourth-order valence-corrected chi connectivity index (χ4v) is 0.933. The zero-order valence-corrected chi connectivity index (χ0v) is 6.99. The third-order valence-electron chi connectivity index (χ3n) is 1.57. The van der Waals surface area contributed by atoms with E-state index in [1.54, 1.807) is 25.3 Å². The zero-order valence-electron chi connectivity index (χ0n) is 6.99. The zero-order chi connectivity index (χ0) is 8.97. The second-order valence-corrected chi connectivity index (χ2v) is 2.32. The maximum Gasteiger partial charge on any atom is 0.137 e. The first kappa shape index (κ1) is 8.53. The average Bonchev–Trinajstić information content (AvgIpc) is 2.16. The lowest BCUT2D eigenvalue weighted by atomic mass is 10.1. The molecular formula is C10H11NO. The lowest BCUT2D eigenvalue weighted by Gasteiger charge is -2.01. The quantitative estimate of drug-likeness (QED) is 0.676. The first-order valence-corrected chi connectivity index (χ1v) is 3.72. The van der Waals surface area contributed by atoms with Crippen LogP contribution >= 0.6 is 0 Å². The van der Waals surface area contributed by atoms with Gasteiger partial charge in [0.2, 0.25) is 0 Å². The van der Waals surface area contributed by atoms with Gasteiger partial charge in [0.25, 0.3) is 0 Å². The van der Waals surface area contributed by atoms with Crippen molar-refractivity contribution in [3.63, 3.8) is 0 Å². The topological polar surface area (TPSA) is 33.1 Å². The number of aromatic nitrogens is 1. The standard InChI is InChI=1S/C10H11NO/c1-3-8-6-5-7-11-10(8)9(12)4-2/h3-7,12H,1H2,2H3/b9-4+. The van der Waals surface area contributed by atoms with E-state index in [9.17, 15) is 5.11 Å². The Morgan fingerprint density at radius 1 is 1.67 bits per heavy atom. The smallest absolute Gasteiger partial charge is 0.137 e. The second-order valence-electron chi connectivity index (χ2n) is 2.32. The Balaban J connectivity index is 3.22. The maximum atomic E-state index is 9.39. The molecule has 1 heterocycles. The third-order valence-corrected chi connectivity index (χ3v) is 1.57. The van der Waals surface area contributed by atoms with E-state index in [1.165, 1.54) is 0 Å². The lowest BCUT2D eigenvalue weighted by Crippen LogP contribution is -1.91. The third kappa shape index (κ3) is 1.53. The SMILES string of the molecule is C=Cc1cccnc1/C(O)=C\C. The van der Waals surface area contributed by atoms with Crippen LogP contribution in [0.5, 0.6) is 0 Å². The largest absolute Gasteiger partial charge is 0.506 e. The highest BCUT2D eigenvalue weighted by Gasteiger charge is 2.02. The molecule has 0 radical (unpaired) electrons. The van der Waals surface area contributed by atoms with Crippen LogP contribution in [0, 0.1) is 0 Å². The lowest BCUT2D eigenvalue weighted by molar-refractivity contribution is 0.507. The van der Waals surface area contributed by atoms with Crippen LogP contribution in [-0.2, 0) is 0 Å². The molecule has 12 heavy (non-hydrogen) atoms. The van der Waals surface area contributed by atoms with Gasteiger partial charge in [-0.25, -0.2) is 0 Å². The molecule has 0 aliphatic carbocycles. The molecule has 0 atom stereocenters. The molecule has 1 rings (SSSR count). The molecular weight excluding hydrogens is 150 g/mol. The number of hydrogen-bond acceptors (Lipinski definition) is 2. The van der Waals surface area contributed by atoms with Crippen LogP contribution in [0.15, 0.2) is 31.0 Å². The Hall–Kier alpha value is -1.57.